The van der Waals surface area contributed by atoms with Crippen LogP contribution in [0.3, 0.4) is 0 Å². The molecule has 0 N–H and O–H groups in total. The van der Waals surface area contributed by atoms with Crippen molar-refractivity contribution in [2.75, 3.05) is 0 Å². The van der Waals surface area contributed by atoms with Gasteiger partial charge in [-0.25, -0.2) is 4.39 Å². The second kappa shape index (κ2) is 4.50. The minimum atomic E-state index is -0.554. The third kappa shape index (κ3) is 2.59. The molecule has 1 aromatic carbocycles. The summed E-state index contributed by atoms with van der Waals surface area (Å²) >= 11 is 5.61. The molecule has 2 aromatic rings. The van der Waals surface area contributed by atoms with Gasteiger partial charge in [-0.15, -0.1) is 0 Å². The lowest BCUT2D eigenvalue weighted by Crippen LogP contribution is -2.02. The Bertz CT molecular complexity index is 570. The Labute approximate surface area is 101 Å². The van der Waals surface area contributed by atoms with Crippen LogP contribution in [0.25, 0.3) is 0 Å². The highest BCUT2D eigenvalue weighted by molar-refractivity contribution is 6.30. The molecule has 0 aliphatic rings. The molecule has 1 aromatic heterocycles. The summed E-state index contributed by atoms with van der Waals surface area (Å²) < 4.78 is 14.7. The van der Waals surface area contributed by atoms with Gasteiger partial charge in [-0.05, 0) is 12.1 Å². The first-order chi connectivity index (χ1) is 8.06. The molecule has 0 saturated heterocycles. The van der Waals surface area contributed by atoms with Gasteiger partial charge in [0, 0.05) is 10.6 Å². The number of aromatic nitrogens is 2. The van der Waals surface area contributed by atoms with Gasteiger partial charge >= 0.3 is 5.69 Å². The molecule has 2 rings (SSSR count). The van der Waals surface area contributed by atoms with Crippen molar-refractivity contribution >= 4 is 17.3 Å². The molecule has 17 heavy (non-hydrogen) atoms. The Morgan fingerprint density at radius 3 is 2.88 bits per heavy atom. The lowest BCUT2D eigenvalue weighted by atomic mass is 10.2. The number of benzene rings is 1. The van der Waals surface area contributed by atoms with Crippen molar-refractivity contribution in [2.45, 2.75) is 6.54 Å². The molecule has 0 amide bonds. The fourth-order valence-corrected chi connectivity index (χ4v) is 1.52. The average Bonchev–Trinajstić information content (AvgIpc) is 2.71. The van der Waals surface area contributed by atoms with Gasteiger partial charge in [0.1, 0.15) is 18.2 Å². The fourth-order valence-electron chi connectivity index (χ4n) is 1.36. The normalized spacial score (nSPS) is 10.5. The van der Waals surface area contributed by atoms with Gasteiger partial charge in [0.25, 0.3) is 0 Å². The fraction of sp³-hybridized carbons (Fsp3) is 0.100. The first-order valence-corrected chi connectivity index (χ1v) is 5.05. The second-order valence-corrected chi connectivity index (χ2v) is 3.83. The van der Waals surface area contributed by atoms with Crippen LogP contribution in [-0.4, -0.2) is 14.7 Å². The zero-order valence-electron chi connectivity index (χ0n) is 8.51. The predicted octanol–water partition coefficient (Wildman–Crippen LogP) is 2.63. The summed E-state index contributed by atoms with van der Waals surface area (Å²) in [6.45, 7) is 0.122. The molecule has 5 nitrogen and oxygen atoms in total. The third-order valence-corrected chi connectivity index (χ3v) is 2.41. The molecule has 0 spiro atoms. The summed E-state index contributed by atoms with van der Waals surface area (Å²) in [6.07, 6.45) is 2.36. The second-order valence-electron chi connectivity index (χ2n) is 3.39. The van der Waals surface area contributed by atoms with Gasteiger partial charge in [-0.3, -0.25) is 14.8 Å². The molecule has 0 unspecified atom stereocenters. The van der Waals surface area contributed by atoms with E-state index in [0.717, 1.165) is 6.20 Å². The molecule has 0 fully saturated rings. The Balaban J connectivity index is 2.22. The van der Waals surface area contributed by atoms with Crippen LogP contribution in [0.15, 0.2) is 30.6 Å². The van der Waals surface area contributed by atoms with Crippen LogP contribution < -0.4 is 0 Å². The smallest absolute Gasteiger partial charge is 0.261 e. The summed E-state index contributed by atoms with van der Waals surface area (Å²) in [5.74, 6) is -0.462. The van der Waals surface area contributed by atoms with Gasteiger partial charge in [-0.2, -0.15) is 5.10 Å². The molecule has 0 aliphatic heterocycles. The van der Waals surface area contributed by atoms with Gasteiger partial charge in [0.2, 0.25) is 0 Å². The largest absolute Gasteiger partial charge is 0.307 e. The SMILES string of the molecule is O=[N+]([O-])c1cnn(Cc2ccc(Cl)cc2F)c1. The first kappa shape index (κ1) is 11.5. The number of rotatable bonds is 3. The molecular weight excluding hydrogens is 249 g/mol. The molecule has 7 heteroatoms. The van der Waals surface area contributed by atoms with E-state index >= 15 is 0 Å². The van der Waals surface area contributed by atoms with E-state index in [4.69, 9.17) is 11.6 Å². The van der Waals surface area contributed by atoms with Gasteiger partial charge in [0.05, 0.1) is 11.5 Å². The maximum Gasteiger partial charge on any atom is 0.307 e. The van der Waals surface area contributed by atoms with E-state index in [1.807, 2.05) is 0 Å². The van der Waals surface area contributed by atoms with Crippen LogP contribution in [0.2, 0.25) is 5.02 Å². The van der Waals surface area contributed by atoms with Crippen LogP contribution in [0, 0.1) is 15.9 Å². The molecule has 0 radical (unpaired) electrons. The lowest BCUT2D eigenvalue weighted by Gasteiger charge is -2.03. The molecule has 0 bridgehead atoms. The summed E-state index contributed by atoms with van der Waals surface area (Å²) in [4.78, 5) is 9.89. The summed E-state index contributed by atoms with van der Waals surface area (Å²) in [6, 6.07) is 4.26. The van der Waals surface area contributed by atoms with E-state index < -0.39 is 10.7 Å². The topological polar surface area (TPSA) is 61.0 Å². The molecule has 1 heterocycles. The summed E-state index contributed by atoms with van der Waals surface area (Å²) in [5, 5.41) is 14.5. The summed E-state index contributed by atoms with van der Waals surface area (Å²) in [7, 11) is 0. The van der Waals surface area contributed by atoms with Crippen molar-refractivity contribution in [1.29, 1.82) is 0 Å². The third-order valence-electron chi connectivity index (χ3n) is 2.18. The van der Waals surface area contributed by atoms with Crippen molar-refractivity contribution in [1.82, 2.24) is 9.78 Å². The van der Waals surface area contributed by atoms with Crippen molar-refractivity contribution < 1.29 is 9.31 Å². The van der Waals surface area contributed by atoms with E-state index in [2.05, 4.69) is 5.10 Å². The van der Waals surface area contributed by atoms with Crippen LogP contribution in [0.5, 0.6) is 0 Å². The number of nitro groups is 1. The van der Waals surface area contributed by atoms with Gasteiger partial charge in [-0.1, -0.05) is 17.7 Å². The number of hydrogen-bond acceptors (Lipinski definition) is 3. The van der Waals surface area contributed by atoms with E-state index in [0.29, 0.717) is 10.6 Å². The lowest BCUT2D eigenvalue weighted by molar-refractivity contribution is -0.385. The number of nitrogens with zero attached hydrogens (tertiary/aromatic N) is 3. The van der Waals surface area contributed by atoms with Crippen LogP contribution in [-0.2, 0) is 6.54 Å². The van der Waals surface area contributed by atoms with Crippen LogP contribution in [0.1, 0.15) is 5.56 Å². The maximum atomic E-state index is 13.4. The molecular formula is C10H7ClFN3O2. The van der Waals surface area contributed by atoms with Crippen LogP contribution in [0.4, 0.5) is 10.1 Å². The van der Waals surface area contributed by atoms with Crippen molar-refractivity contribution in [3.63, 3.8) is 0 Å². The predicted molar refractivity (Wildman–Crippen MR) is 59.4 cm³/mol. The molecule has 0 saturated carbocycles. The molecule has 0 aliphatic carbocycles. The minimum Gasteiger partial charge on any atom is -0.261 e. The van der Waals surface area contributed by atoms with Crippen molar-refractivity contribution in [2.24, 2.45) is 0 Å². The Morgan fingerprint density at radius 1 is 1.53 bits per heavy atom. The van der Waals surface area contributed by atoms with Crippen molar-refractivity contribution in [3.05, 3.63) is 57.1 Å². The number of hydrogen-bond donors (Lipinski definition) is 0. The number of halogens is 2. The average molecular weight is 256 g/mol. The van der Waals surface area contributed by atoms with Crippen LogP contribution >= 0.6 is 11.6 Å². The molecule has 88 valence electrons. The zero-order chi connectivity index (χ0) is 12.4. The van der Waals surface area contributed by atoms with Gasteiger partial charge < -0.3 is 0 Å². The maximum absolute atomic E-state index is 13.4. The van der Waals surface area contributed by atoms with Gasteiger partial charge in [0.15, 0.2) is 0 Å². The zero-order valence-corrected chi connectivity index (χ0v) is 9.26. The van der Waals surface area contributed by atoms with E-state index in [9.17, 15) is 14.5 Å². The highest BCUT2D eigenvalue weighted by Crippen LogP contribution is 2.16. The van der Waals surface area contributed by atoms with E-state index in [1.54, 1.807) is 6.07 Å². The van der Waals surface area contributed by atoms with E-state index in [1.165, 1.54) is 23.0 Å². The van der Waals surface area contributed by atoms with E-state index in [-0.39, 0.29) is 12.2 Å². The Hall–Kier alpha value is -1.95. The minimum absolute atomic E-state index is 0.122. The highest BCUT2D eigenvalue weighted by Gasteiger charge is 2.10. The Kier molecular flexibility index (Phi) is 3.06. The quantitative estimate of drug-likeness (QED) is 0.626. The first-order valence-electron chi connectivity index (χ1n) is 4.67. The standard InChI is InChI=1S/C10H7ClFN3O2/c11-8-2-1-7(10(12)3-8)5-14-6-9(4-13-14)15(16)17/h1-4,6H,5H2. The summed E-state index contributed by atoms with van der Waals surface area (Å²) in [5.41, 5.74) is 0.242. The Morgan fingerprint density at radius 2 is 2.29 bits per heavy atom. The van der Waals surface area contributed by atoms with Crippen molar-refractivity contribution in [3.8, 4) is 0 Å². The highest BCUT2D eigenvalue weighted by atomic mass is 35.5. The molecule has 0 atom stereocenters. The monoisotopic (exact) mass is 255 g/mol.